The van der Waals surface area contributed by atoms with Crippen molar-refractivity contribution in [3.8, 4) is 5.75 Å². The number of nitrogens with one attached hydrogen (secondary N) is 2. The second-order valence-corrected chi connectivity index (χ2v) is 8.84. The number of anilines is 1. The first-order valence-corrected chi connectivity index (χ1v) is 12.3. The smallest absolute Gasteiger partial charge is 0.287 e. The maximum Gasteiger partial charge on any atom is 0.287 e. The first-order chi connectivity index (χ1) is 18.0. The van der Waals surface area contributed by atoms with Crippen LogP contribution in [0.25, 0.3) is 0 Å². The van der Waals surface area contributed by atoms with Crippen LogP contribution < -0.4 is 20.3 Å². The van der Waals surface area contributed by atoms with Crippen LogP contribution in [0, 0.1) is 0 Å². The summed E-state index contributed by atoms with van der Waals surface area (Å²) in [6.07, 6.45) is 3.08. The average Bonchev–Trinajstić information content (AvgIpc) is 3.64. The van der Waals surface area contributed by atoms with Crippen molar-refractivity contribution < 1.29 is 28.3 Å². The summed E-state index contributed by atoms with van der Waals surface area (Å²) >= 11 is 6.39. The van der Waals surface area contributed by atoms with E-state index >= 15 is 0 Å². The molecule has 1 aromatic heterocycles. The van der Waals surface area contributed by atoms with Gasteiger partial charge >= 0.3 is 0 Å². The van der Waals surface area contributed by atoms with Gasteiger partial charge in [0.05, 0.1) is 31.0 Å². The molecule has 0 bridgehead atoms. The molecule has 0 unspecified atom stereocenters. The van der Waals surface area contributed by atoms with E-state index in [-0.39, 0.29) is 29.3 Å². The highest BCUT2D eigenvalue weighted by Gasteiger charge is 2.34. The van der Waals surface area contributed by atoms with Crippen molar-refractivity contribution in [2.45, 2.75) is 25.0 Å². The van der Waals surface area contributed by atoms with Gasteiger partial charge in [-0.25, -0.2) is 0 Å². The molecule has 1 saturated heterocycles. The van der Waals surface area contributed by atoms with Crippen LogP contribution in [0.4, 0.5) is 5.69 Å². The number of amides is 3. The fourth-order valence-electron chi connectivity index (χ4n) is 4.15. The van der Waals surface area contributed by atoms with Crippen LogP contribution in [-0.2, 0) is 14.3 Å². The molecule has 37 heavy (non-hydrogen) atoms. The van der Waals surface area contributed by atoms with Crippen molar-refractivity contribution in [1.29, 1.82) is 0 Å². The van der Waals surface area contributed by atoms with Gasteiger partial charge in [0.15, 0.2) is 5.76 Å². The topological polar surface area (TPSA) is 110 Å². The number of carbonyl (C=O) groups is 3. The quantitative estimate of drug-likeness (QED) is 0.417. The van der Waals surface area contributed by atoms with E-state index in [4.69, 9.17) is 25.5 Å². The SMILES string of the molecule is COc1ccc(N(C(=O)CNC(=O)c2ccco2)[C@H](C(=O)NC[C@H]2CCCO2)c2ccccc2)cc1Cl. The van der Waals surface area contributed by atoms with Gasteiger partial charge in [-0.05, 0) is 48.7 Å². The Labute approximate surface area is 219 Å². The van der Waals surface area contributed by atoms with Gasteiger partial charge in [-0.15, -0.1) is 0 Å². The summed E-state index contributed by atoms with van der Waals surface area (Å²) in [5, 5.41) is 5.76. The Morgan fingerprint density at radius 1 is 1.11 bits per heavy atom. The highest BCUT2D eigenvalue weighted by molar-refractivity contribution is 6.32. The monoisotopic (exact) mass is 525 g/mol. The zero-order valence-corrected chi connectivity index (χ0v) is 21.1. The van der Waals surface area contributed by atoms with E-state index in [1.807, 2.05) is 6.07 Å². The first-order valence-electron chi connectivity index (χ1n) is 11.9. The molecule has 2 aromatic carbocycles. The van der Waals surface area contributed by atoms with Crippen LogP contribution in [0.15, 0.2) is 71.3 Å². The molecular formula is C27H28ClN3O6. The Balaban J connectivity index is 1.66. The molecule has 1 fully saturated rings. The number of halogens is 1. The van der Waals surface area contributed by atoms with Crippen molar-refractivity contribution in [3.63, 3.8) is 0 Å². The zero-order chi connectivity index (χ0) is 26.2. The molecule has 10 heteroatoms. The lowest BCUT2D eigenvalue weighted by Crippen LogP contribution is -2.48. The predicted octanol–water partition coefficient (Wildman–Crippen LogP) is 3.74. The average molecular weight is 526 g/mol. The van der Waals surface area contributed by atoms with Crippen molar-refractivity contribution in [2.24, 2.45) is 0 Å². The number of ether oxygens (including phenoxy) is 2. The van der Waals surface area contributed by atoms with E-state index in [0.717, 1.165) is 12.8 Å². The van der Waals surface area contributed by atoms with Gasteiger partial charge in [0, 0.05) is 18.8 Å². The van der Waals surface area contributed by atoms with E-state index in [2.05, 4.69) is 10.6 Å². The highest BCUT2D eigenvalue weighted by atomic mass is 35.5. The van der Waals surface area contributed by atoms with Gasteiger partial charge in [0.1, 0.15) is 11.8 Å². The minimum atomic E-state index is -1.04. The summed E-state index contributed by atoms with van der Waals surface area (Å²) in [6, 6.07) is 15.8. The third-order valence-corrected chi connectivity index (χ3v) is 6.27. The largest absolute Gasteiger partial charge is 0.495 e. The number of hydrogen-bond acceptors (Lipinski definition) is 6. The third kappa shape index (κ3) is 6.49. The van der Waals surface area contributed by atoms with E-state index in [1.54, 1.807) is 48.5 Å². The Bertz CT molecular complexity index is 1210. The number of rotatable bonds is 10. The van der Waals surface area contributed by atoms with Crippen LogP contribution in [-0.4, -0.2) is 50.6 Å². The van der Waals surface area contributed by atoms with Crippen LogP contribution in [0.2, 0.25) is 5.02 Å². The molecule has 0 radical (unpaired) electrons. The summed E-state index contributed by atoms with van der Waals surface area (Å²) < 4.78 is 16.0. The summed E-state index contributed by atoms with van der Waals surface area (Å²) in [4.78, 5) is 41.0. The number of benzene rings is 2. The molecule has 3 amide bonds. The molecule has 2 N–H and O–H groups in total. The lowest BCUT2D eigenvalue weighted by molar-refractivity contribution is -0.126. The van der Waals surface area contributed by atoms with Gasteiger partial charge < -0.3 is 24.5 Å². The number of methoxy groups -OCH3 is 1. The lowest BCUT2D eigenvalue weighted by Gasteiger charge is -2.32. The van der Waals surface area contributed by atoms with Crippen molar-refractivity contribution in [2.75, 3.05) is 31.7 Å². The van der Waals surface area contributed by atoms with Crippen molar-refractivity contribution >= 4 is 35.0 Å². The summed E-state index contributed by atoms with van der Waals surface area (Å²) in [5.41, 5.74) is 0.953. The molecule has 2 atom stereocenters. The van der Waals surface area contributed by atoms with Gasteiger partial charge in [-0.3, -0.25) is 19.3 Å². The summed E-state index contributed by atoms with van der Waals surface area (Å²) in [6.45, 7) is 0.599. The van der Waals surface area contributed by atoms with Crippen LogP contribution in [0.1, 0.15) is 35.0 Å². The fraction of sp³-hybridized carbons (Fsp3) is 0.296. The molecular weight excluding hydrogens is 498 g/mol. The number of hydrogen-bond donors (Lipinski definition) is 2. The van der Waals surface area contributed by atoms with Gasteiger partial charge in [0.25, 0.3) is 5.91 Å². The minimum absolute atomic E-state index is 0.0701. The highest BCUT2D eigenvalue weighted by Crippen LogP contribution is 2.34. The molecule has 0 spiro atoms. The molecule has 1 aliphatic rings. The zero-order valence-electron chi connectivity index (χ0n) is 20.3. The normalized spacial score (nSPS) is 15.6. The first kappa shape index (κ1) is 26.2. The van der Waals surface area contributed by atoms with Crippen LogP contribution in [0.5, 0.6) is 5.75 Å². The molecule has 0 aliphatic carbocycles. The second-order valence-electron chi connectivity index (χ2n) is 8.44. The van der Waals surface area contributed by atoms with E-state index < -0.39 is 17.9 Å². The molecule has 194 valence electrons. The minimum Gasteiger partial charge on any atom is -0.495 e. The number of nitrogens with zero attached hydrogens (tertiary/aromatic N) is 1. The van der Waals surface area contributed by atoms with E-state index in [1.165, 1.54) is 24.3 Å². The molecule has 2 heterocycles. The van der Waals surface area contributed by atoms with Crippen LogP contribution in [0.3, 0.4) is 0 Å². The Morgan fingerprint density at radius 2 is 1.92 bits per heavy atom. The Morgan fingerprint density at radius 3 is 2.57 bits per heavy atom. The fourth-order valence-corrected chi connectivity index (χ4v) is 4.40. The lowest BCUT2D eigenvalue weighted by atomic mass is 10.0. The standard InChI is InChI=1S/C27H28ClN3O6/c1-35-22-12-11-19(15-21(22)28)31(24(32)17-30-26(33)23-10-6-14-37-23)25(18-7-3-2-4-8-18)27(34)29-16-20-9-5-13-36-20/h2-4,6-8,10-12,14-15,20,25H,5,9,13,16-17H2,1H3,(H,29,34)(H,30,33)/t20-,25+/m1/s1. The third-order valence-electron chi connectivity index (χ3n) is 5.98. The Hall–Kier alpha value is -3.82. The Kier molecular flexibility index (Phi) is 8.81. The molecule has 3 aromatic rings. The van der Waals surface area contributed by atoms with Crippen molar-refractivity contribution in [1.82, 2.24) is 10.6 Å². The van der Waals surface area contributed by atoms with Gasteiger partial charge in [-0.1, -0.05) is 41.9 Å². The van der Waals surface area contributed by atoms with Gasteiger partial charge in [0.2, 0.25) is 11.8 Å². The number of furan rings is 1. The predicted molar refractivity (Wildman–Crippen MR) is 138 cm³/mol. The molecule has 9 nitrogen and oxygen atoms in total. The maximum absolute atomic E-state index is 13.7. The summed E-state index contributed by atoms with van der Waals surface area (Å²) in [7, 11) is 1.49. The molecule has 1 aliphatic heterocycles. The summed E-state index contributed by atoms with van der Waals surface area (Å²) in [5.74, 6) is -0.976. The molecule has 4 rings (SSSR count). The van der Waals surface area contributed by atoms with Crippen molar-refractivity contribution in [3.05, 3.63) is 83.3 Å². The second kappa shape index (κ2) is 12.4. The van der Waals surface area contributed by atoms with Gasteiger partial charge in [-0.2, -0.15) is 0 Å². The number of carbonyl (C=O) groups excluding carboxylic acids is 3. The van der Waals surface area contributed by atoms with E-state index in [0.29, 0.717) is 30.2 Å². The molecule has 0 saturated carbocycles. The maximum atomic E-state index is 13.7. The van der Waals surface area contributed by atoms with Crippen LogP contribution >= 0.6 is 11.6 Å². The van der Waals surface area contributed by atoms with E-state index in [9.17, 15) is 14.4 Å².